The minimum absolute atomic E-state index is 0.00651. The molecule has 7 nitrogen and oxygen atoms in total. The van der Waals surface area contributed by atoms with Gasteiger partial charge >= 0.3 is 0 Å². The van der Waals surface area contributed by atoms with Gasteiger partial charge in [0, 0.05) is 25.5 Å². The summed E-state index contributed by atoms with van der Waals surface area (Å²) in [6.45, 7) is 1.17. The predicted molar refractivity (Wildman–Crippen MR) is 86.9 cm³/mol. The third kappa shape index (κ3) is 4.54. The maximum atomic E-state index is 12.2. The lowest BCUT2D eigenvalue weighted by molar-refractivity contribution is 0.0952. The van der Waals surface area contributed by atoms with Crippen molar-refractivity contribution in [1.29, 1.82) is 0 Å². The summed E-state index contributed by atoms with van der Waals surface area (Å²) < 4.78 is 27.7. The van der Waals surface area contributed by atoms with Crippen LogP contribution >= 0.6 is 11.6 Å². The van der Waals surface area contributed by atoms with Crippen LogP contribution in [-0.4, -0.2) is 37.5 Å². The van der Waals surface area contributed by atoms with Crippen LogP contribution in [0.2, 0.25) is 5.02 Å². The molecule has 23 heavy (non-hydrogen) atoms. The lowest BCUT2D eigenvalue weighted by Gasteiger charge is -2.09. The van der Waals surface area contributed by atoms with Crippen LogP contribution in [0.1, 0.15) is 16.8 Å². The molecule has 0 aliphatic heterocycles. The Balaban J connectivity index is 1.99. The number of nitrogens with zero attached hydrogens (tertiary/aromatic N) is 2. The van der Waals surface area contributed by atoms with Gasteiger partial charge in [-0.2, -0.15) is 0 Å². The van der Waals surface area contributed by atoms with Gasteiger partial charge in [-0.3, -0.25) is 4.79 Å². The van der Waals surface area contributed by atoms with Crippen LogP contribution in [0.4, 0.5) is 0 Å². The fourth-order valence-corrected chi connectivity index (χ4v) is 2.90. The first kappa shape index (κ1) is 17.5. The first-order chi connectivity index (χ1) is 10.9. The second-order valence-corrected chi connectivity index (χ2v) is 7.05. The first-order valence-corrected chi connectivity index (χ1v) is 8.77. The molecule has 9 heteroatoms. The summed E-state index contributed by atoms with van der Waals surface area (Å²) in [5.41, 5.74) is 0.130. The molecule has 0 atom stereocenters. The van der Waals surface area contributed by atoms with Gasteiger partial charge in [0.1, 0.15) is 0 Å². The van der Waals surface area contributed by atoms with Crippen LogP contribution in [0.5, 0.6) is 0 Å². The van der Waals surface area contributed by atoms with Crippen LogP contribution in [0, 0.1) is 0 Å². The zero-order chi connectivity index (χ0) is 16.9. The molecule has 0 aliphatic carbocycles. The van der Waals surface area contributed by atoms with Gasteiger partial charge in [0.05, 0.1) is 21.8 Å². The van der Waals surface area contributed by atoms with E-state index in [2.05, 4.69) is 15.0 Å². The highest BCUT2D eigenvalue weighted by Gasteiger charge is 2.17. The molecule has 1 aromatic carbocycles. The van der Waals surface area contributed by atoms with E-state index in [0.717, 1.165) is 6.54 Å². The maximum absolute atomic E-state index is 12.2. The second-order valence-electron chi connectivity index (χ2n) is 4.76. The Morgan fingerprint density at radius 1 is 1.39 bits per heavy atom. The first-order valence-electron chi connectivity index (χ1n) is 6.91. The Labute approximate surface area is 139 Å². The smallest absolute Gasteiger partial charge is 0.252 e. The Bertz CT molecular complexity index is 775. The highest BCUT2D eigenvalue weighted by Crippen LogP contribution is 2.20. The quantitative estimate of drug-likeness (QED) is 0.730. The molecule has 124 valence electrons. The number of hydrogen-bond acceptors (Lipinski definition) is 4. The lowest BCUT2D eigenvalue weighted by atomic mass is 10.2. The molecule has 0 aliphatic rings. The van der Waals surface area contributed by atoms with E-state index in [4.69, 9.17) is 11.6 Å². The van der Waals surface area contributed by atoms with E-state index in [-0.39, 0.29) is 15.5 Å². The maximum Gasteiger partial charge on any atom is 0.252 e. The summed E-state index contributed by atoms with van der Waals surface area (Å²) in [6.07, 6.45) is 5.94. The molecule has 1 aromatic heterocycles. The fourth-order valence-electron chi connectivity index (χ4n) is 1.94. The summed E-state index contributed by atoms with van der Waals surface area (Å²) >= 11 is 5.99. The van der Waals surface area contributed by atoms with E-state index in [0.29, 0.717) is 13.0 Å². The van der Waals surface area contributed by atoms with Gasteiger partial charge in [0.2, 0.25) is 10.0 Å². The van der Waals surface area contributed by atoms with E-state index < -0.39 is 15.9 Å². The third-order valence-corrected chi connectivity index (χ3v) is 4.94. The van der Waals surface area contributed by atoms with Gasteiger partial charge in [-0.05, 0) is 31.7 Å². The fraction of sp³-hybridized carbons (Fsp3) is 0.286. The van der Waals surface area contributed by atoms with Crippen LogP contribution < -0.4 is 10.0 Å². The van der Waals surface area contributed by atoms with E-state index in [1.54, 1.807) is 12.5 Å². The van der Waals surface area contributed by atoms with E-state index >= 15 is 0 Å². The number of nitrogens with one attached hydrogen (secondary N) is 2. The molecule has 0 spiro atoms. The van der Waals surface area contributed by atoms with E-state index in [1.807, 2.05) is 10.8 Å². The largest absolute Gasteiger partial charge is 0.352 e. The molecular formula is C14H17ClN4O3S. The summed E-state index contributed by atoms with van der Waals surface area (Å²) in [4.78, 5) is 16.1. The number of hydrogen-bond donors (Lipinski definition) is 2. The van der Waals surface area contributed by atoms with Gasteiger partial charge < -0.3 is 9.88 Å². The topological polar surface area (TPSA) is 93.1 Å². The van der Waals surface area contributed by atoms with Crippen molar-refractivity contribution in [3.63, 3.8) is 0 Å². The molecule has 0 bridgehead atoms. The Kier molecular flexibility index (Phi) is 5.75. The molecule has 0 unspecified atom stereocenters. The van der Waals surface area contributed by atoms with Crippen molar-refractivity contribution >= 4 is 27.5 Å². The average molecular weight is 357 g/mol. The molecule has 2 N–H and O–H groups in total. The minimum atomic E-state index is -3.62. The van der Waals surface area contributed by atoms with Crippen LogP contribution in [0.25, 0.3) is 0 Å². The number of benzene rings is 1. The standard InChI is InChI=1S/C14H17ClN4O3S/c1-16-23(21,22)11-3-4-13(15)12(9-11)14(20)18-5-2-7-19-8-6-17-10-19/h3-4,6,8-10,16H,2,5,7H2,1H3,(H,18,20). The molecule has 0 saturated carbocycles. The molecule has 2 rings (SSSR count). The van der Waals surface area contributed by atoms with Crippen molar-refractivity contribution in [2.75, 3.05) is 13.6 Å². The molecule has 0 fully saturated rings. The molecular weight excluding hydrogens is 340 g/mol. The lowest BCUT2D eigenvalue weighted by Crippen LogP contribution is -2.26. The second kappa shape index (κ2) is 7.58. The molecule has 1 heterocycles. The van der Waals surface area contributed by atoms with Crippen molar-refractivity contribution in [3.05, 3.63) is 47.5 Å². The molecule has 0 radical (unpaired) electrons. The Morgan fingerprint density at radius 3 is 2.83 bits per heavy atom. The number of aryl methyl sites for hydroxylation is 1. The predicted octanol–water partition coefficient (Wildman–Crippen LogP) is 1.26. The molecule has 1 amide bonds. The molecule has 2 aromatic rings. The number of rotatable bonds is 7. The van der Waals surface area contributed by atoms with Gasteiger partial charge in [-0.1, -0.05) is 11.6 Å². The average Bonchev–Trinajstić information content (AvgIpc) is 3.05. The monoisotopic (exact) mass is 356 g/mol. The van der Waals surface area contributed by atoms with Crippen molar-refractivity contribution < 1.29 is 13.2 Å². The minimum Gasteiger partial charge on any atom is -0.352 e. The molecule has 0 saturated heterocycles. The number of aromatic nitrogens is 2. The normalized spacial score (nSPS) is 11.4. The number of imidazole rings is 1. The van der Waals surface area contributed by atoms with Gasteiger partial charge in [-0.25, -0.2) is 18.1 Å². The zero-order valence-electron chi connectivity index (χ0n) is 12.5. The van der Waals surface area contributed by atoms with Gasteiger partial charge in [-0.15, -0.1) is 0 Å². The Morgan fingerprint density at radius 2 is 2.17 bits per heavy atom. The van der Waals surface area contributed by atoms with Crippen molar-refractivity contribution in [2.24, 2.45) is 0 Å². The van der Waals surface area contributed by atoms with Crippen molar-refractivity contribution in [1.82, 2.24) is 19.6 Å². The van der Waals surface area contributed by atoms with Crippen molar-refractivity contribution in [2.45, 2.75) is 17.9 Å². The summed E-state index contributed by atoms with van der Waals surface area (Å²) in [7, 11) is -2.32. The van der Waals surface area contributed by atoms with Crippen LogP contribution in [-0.2, 0) is 16.6 Å². The van der Waals surface area contributed by atoms with E-state index in [9.17, 15) is 13.2 Å². The van der Waals surface area contributed by atoms with Crippen molar-refractivity contribution in [3.8, 4) is 0 Å². The SMILES string of the molecule is CNS(=O)(=O)c1ccc(Cl)c(C(=O)NCCCn2ccnc2)c1. The highest BCUT2D eigenvalue weighted by atomic mass is 35.5. The van der Waals surface area contributed by atoms with E-state index in [1.165, 1.54) is 25.2 Å². The van der Waals surface area contributed by atoms with Crippen LogP contribution in [0.3, 0.4) is 0 Å². The summed E-state index contributed by atoms with van der Waals surface area (Å²) in [5.74, 6) is -0.409. The number of halogens is 1. The van der Waals surface area contributed by atoms with Gasteiger partial charge in [0.25, 0.3) is 5.91 Å². The van der Waals surface area contributed by atoms with Gasteiger partial charge in [0.15, 0.2) is 0 Å². The highest BCUT2D eigenvalue weighted by molar-refractivity contribution is 7.89. The zero-order valence-corrected chi connectivity index (χ0v) is 14.1. The summed E-state index contributed by atoms with van der Waals surface area (Å²) in [5, 5.41) is 2.93. The summed E-state index contributed by atoms with van der Waals surface area (Å²) in [6, 6.07) is 4.01. The number of sulfonamides is 1. The number of carbonyl (C=O) groups excluding carboxylic acids is 1. The number of amides is 1. The third-order valence-electron chi connectivity index (χ3n) is 3.20. The van der Waals surface area contributed by atoms with Crippen LogP contribution in [0.15, 0.2) is 41.8 Å². The Hall–Kier alpha value is -1.90. The number of carbonyl (C=O) groups is 1.